The predicted molar refractivity (Wildman–Crippen MR) is 60.4 cm³/mol. The van der Waals surface area contributed by atoms with Gasteiger partial charge in [0.25, 0.3) is 0 Å². The molecule has 0 aromatic rings. The number of ether oxygens (including phenoxy) is 1. The van der Waals surface area contributed by atoms with Crippen LogP contribution >= 0.6 is 0 Å². The van der Waals surface area contributed by atoms with Crippen LogP contribution in [0.1, 0.15) is 32.6 Å². The van der Waals surface area contributed by atoms with Crippen molar-refractivity contribution in [3.8, 4) is 0 Å². The minimum atomic E-state index is 0.421. The SMILES string of the molecule is C=CCCC(NC)C(OCC)C1CC1. The fraction of sp³-hybridized carbons (Fsp3) is 0.833. The van der Waals surface area contributed by atoms with Crippen molar-refractivity contribution in [1.82, 2.24) is 5.32 Å². The highest BCUT2D eigenvalue weighted by Gasteiger charge is 2.36. The first kappa shape index (κ1) is 11.7. The van der Waals surface area contributed by atoms with E-state index in [2.05, 4.69) is 18.8 Å². The molecule has 1 fully saturated rings. The lowest BCUT2D eigenvalue weighted by atomic mass is 10.0. The van der Waals surface area contributed by atoms with Gasteiger partial charge in [-0.1, -0.05) is 6.08 Å². The molecule has 0 saturated heterocycles. The van der Waals surface area contributed by atoms with Gasteiger partial charge in [0.05, 0.1) is 6.10 Å². The van der Waals surface area contributed by atoms with Gasteiger partial charge < -0.3 is 10.1 Å². The molecule has 0 heterocycles. The van der Waals surface area contributed by atoms with Crippen LogP contribution in [-0.2, 0) is 4.74 Å². The van der Waals surface area contributed by atoms with Crippen LogP contribution in [0.15, 0.2) is 12.7 Å². The molecule has 0 aromatic heterocycles. The lowest BCUT2D eigenvalue weighted by Crippen LogP contribution is -2.40. The standard InChI is InChI=1S/C12H23NO/c1-4-6-7-11(13-3)12(14-5-2)10-8-9-10/h4,10-13H,1,5-9H2,2-3H3. The van der Waals surface area contributed by atoms with Gasteiger partial charge in [-0.05, 0) is 45.6 Å². The maximum Gasteiger partial charge on any atom is 0.0755 e. The molecule has 0 aliphatic heterocycles. The Labute approximate surface area is 87.7 Å². The highest BCUT2D eigenvalue weighted by Crippen LogP contribution is 2.36. The largest absolute Gasteiger partial charge is 0.377 e. The zero-order valence-electron chi connectivity index (χ0n) is 9.46. The van der Waals surface area contributed by atoms with E-state index in [0.29, 0.717) is 12.1 Å². The summed E-state index contributed by atoms with van der Waals surface area (Å²) in [5, 5.41) is 3.37. The van der Waals surface area contributed by atoms with E-state index in [1.165, 1.54) is 12.8 Å². The van der Waals surface area contributed by atoms with Gasteiger partial charge in [0.1, 0.15) is 0 Å². The summed E-state index contributed by atoms with van der Waals surface area (Å²) in [6.45, 7) is 6.67. The van der Waals surface area contributed by atoms with Gasteiger partial charge in [0.2, 0.25) is 0 Å². The molecule has 0 amide bonds. The van der Waals surface area contributed by atoms with Gasteiger partial charge in [0.15, 0.2) is 0 Å². The second kappa shape index (κ2) is 6.20. The van der Waals surface area contributed by atoms with E-state index in [0.717, 1.165) is 25.4 Å². The summed E-state index contributed by atoms with van der Waals surface area (Å²) >= 11 is 0. The summed E-state index contributed by atoms with van der Waals surface area (Å²) in [6, 6.07) is 0.500. The number of allylic oxidation sites excluding steroid dienone is 1. The van der Waals surface area contributed by atoms with Gasteiger partial charge >= 0.3 is 0 Å². The molecule has 14 heavy (non-hydrogen) atoms. The van der Waals surface area contributed by atoms with Crippen molar-refractivity contribution in [3.63, 3.8) is 0 Å². The Morgan fingerprint density at radius 2 is 2.29 bits per heavy atom. The predicted octanol–water partition coefficient (Wildman–Crippen LogP) is 2.36. The Kier molecular flexibility index (Phi) is 5.20. The summed E-state index contributed by atoms with van der Waals surface area (Å²) in [5.41, 5.74) is 0. The van der Waals surface area contributed by atoms with E-state index < -0.39 is 0 Å². The van der Waals surface area contributed by atoms with Crippen LogP contribution < -0.4 is 5.32 Å². The average Bonchev–Trinajstić information content (AvgIpc) is 3.00. The van der Waals surface area contributed by atoms with Crippen molar-refractivity contribution in [1.29, 1.82) is 0 Å². The molecule has 2 heteroatoms. The molecule has 1 aliphatic rings. The van der Waals surface area contributed by atoms with E-state index in [9.17, 15) is 0 Å². The van der Waals surface area contributed by atoms with Crippen LogP contribution in [0.4, 0.5) is 0 Å². The fourth-order valence-electron chi connectivity index (χ4n) is 1.97. The van der Waals surface area contributed by atoms with E-state index in [1.807, 2.05) is 13.1 Å². The third-order valence-electron chi connectivity index (χ3n) is 2.89. The Hall–Kier alpha value is -0.340. The van der Waals surface area contributed by atoms with Crippen molar-refractivity contribution in [2.75, 3.05) is 13.7 Å². The minimum absolute atomic E-state index is 0.421. The first-order valence-corrected chi connectivity index (χ1v) is 5.73. The lowest BCUT2D eigenvalue weighted by Gasteiger charge is -2.26. The van der Waals surface area contributed by atoms with Gasteiger partial charge in [-0.15, -0.1) is 6.58 Å². The highest BCUT2D eigenvalue weighted by molar-refractivity contribution is 4.90. The zero-order chi connectivity index (χ0) is 10.4. The Morgan fingerprint density at radius 3 is 2.71 bits per heavy atom. The second-order valence-corrected chi connectivity index (χ2v) is 4.02. The van der Waals surface area contributed by atoms with Gasteiger partial charge in [-0.3, -0.25) is 0 Å². The van der Waals surface area contributed by atoms with Crippen LogP contribution in [0, 0.1) is 5.92 Å². The van der Waals surface area contributed by atoms with E-state index in [1.54, 1.807) is 0 Å². The van der Waals surface area contributed by atoms with Gasteiger partial charge in [-0.25, -0.2) is 0 Å². The second-order valence-electron chi connectivity index (χ2n) is 4.02. The average molecular weight is 197 g/mol. The van der Waals surface area contributed by atoms with E-state index in [4.69, 9.17) is 4.74 Å². The number of hydrogen-bond acceptors (Lipinski definition) is 2. The summed E-state index contributed by atoms with van der Waals surface area (Å²) in [4.78, 5) is 0. The molecule has 0 aromatic carbocycles. The summed E-state index contributed by atoms with van der Waals surface area (Å²) in [6.07, 6.45) is 7.31. The lowest BCUT2D eigenvalue weighted by molar-refractivity contribution is 0.0191. The molecular formula is C12H23NO. The number of rotatable bonds is 8. The van der Waals surface area contributed by atoms with Crippen molar-refractivity contribution < 1.29 is 4.74 Å². The summed E-state index contributed by atoms with van der Waals surface area (Å²) in [5.74, 6) is 0.803. The molecule has 2 nitrogen and oxygen atoms in total. The molecule has 0 radical (unpaired) electrons. The monoisotopic (exact) mass is 197 g/mol. The maximum atomic E-state index is 5.82. The van der Waals surface area contributed by atoms with E-state index >= 15 is 0 Å². The Bertz CT molecular complexity index is 166. The molecule has 1 rings (SSSR count). The van der Waals surface area contributed by atoms with Crippen molar-refractivity contribution >= 4 is 0 Å². The Morgan fingerprint density at radius 1 is 1.57 bits per heavy atom. The highest BCUT2D eigenvalue weighted by atomic mass is 16.5. The topological polar surface area (TPSA) is 21.3 Å². The van der Waals surface area contributed by atoms with Crippen LogP contribution in [0.2, 0.25) is 0 Å². The number of likely N-dealkylation sites (N-methyl/N-ethyl adjacent to an activating group) is 1. The molecule has 2 unspecified atom stereocenters. The van der Waals surface area contributed by atoms with Crippen LogP contribution in [0.3, 0.4) is 0 Å². The van der Waals surface area contributed by atoms with Crippen molar-refractivity contribution in [3.05, 3.63) is 12.7 Å². The number of hydrogen-bond donors (Lipinski definition) is 1. The zero-order valence-corrected chi connectivity index (χ0v) is 9.46. The van der Waals surface area contributed by atoms with Crippen molar-refractivity contribution in [2.45, 2.75) is 44.8 Å². The molecule has 1 aliphatic carbocycles. The van der Waals surface area contributed by atoms with E-state index in [-0.39, 0.29) is 0 Å². The maximum absolute atomic E-state index is 5.82. The molecular weight excluding hydrogens is 174 g/mol. The van der Waals surface area contributed by atoms with Crippen LogP contribution in [0.25, 0.3) is 0 Å². The third kappa shape index (κ3) is 3.43. The summed E-state index contributed by atoms with van der Waals surface area (Å²) in [7, 11) is 2.03. The molecule has 82 valence electrons. The quantitative estimate of drug-likeness (QED) is 0.603. The fourth-order valence-corrected chi connectivity index (χ4v) is 1.97. The third-order valence-corrected chi connectivity index (χ3v) is 2.89. The van der Waals surface area contributed by atoms with Gasteiger partial charge in [-0.2, -0.15) is 0 Å². The Balaban J connectivity index is 2.39. The smallest absolute Gasteiger partial charge is 0.0755 e. The van der Waals surface area contributed by atoms with Crippen LogP contribution in [-0.4, -0.2) is 25.8 Å². The molecule has 0 bridgehead atoms. The van der Waals surface area contributed by atoms with Gasteiger partial charge in [0, 0.05) is 12.6 Å². The first-order chi connectivity index (χ1) is 6.83. The summed E-state index contributed by atoms with van der Waals surface area (Å²) < 4.78 is 5.82. The van der Waals surface area contributed by atoms with Crippen molar-refractivity contribution in [2.24, 2.45) is 5.92 Å². The first-order valence-electron chi connectivity index (χ1n) is 5.73. The molecule has 1 saturated carbocycles. The molecule has 2 atom stereocenters. The normalized spacial score (nSPS) is 20.4. The van der Waals surface area contributed by atoms with Crippen LogP contribution in [0.5, 0.6) is 0 Å². The molecule has 0 spiro atoms. The number of nitrogens with one attached hydrogen (secondary N) is 1. The minimum Gasteiger partial charge on any atom is -0.377 e. The molecule has 1 N–H and O–H groups in total.